The molecule has 1 atom stereocenters. The summed E-state index contributed by atoms with van der Waals surface area (Å²) in [7, 11) is 0.500. The zero-order chi connectivity index (χ0) is 15.3. The van der Waals surface area contributed by atoms with Crippen LogP contribution in [0.4, 0.5) is 14.6 Å². The van der Waals surface area contributed by atoms with E-state index in [4.69, 9.17) is 16.9 Å². The number of fused-ring (bicyclic) bond motifs is 1. The van der Waals surface area contributed by atoms with Gasteiger partial charge in [0.15, 0.2) is 22.6 Å². The van der Waals surface area contributed by atoms with Gasteiger partial charge in [-0.1, -0.05) is 6.07 Å². The average Bonchev–Trinajstić information content (AvgIpc) is 2.74. The van der Waals surface area contributed by atoms with Gasteiger partial charge in [-0.05, 0) is 32.8 Å². The highest BCUT2D eigenvalue weighted by Crippen LogP contribution is 2.30. The Bertz CT molecular complexity index is 892. The van der Waals surface area contributed by atoms with Crippen molar-refractivity contribution >= 4 is 31.6 Å². The molecule has 2 heterocycles. The minimum Gasteiger partial charge on any atom is -0.378 e. The monoisotopic (exact) mass is 326 g/mol. The topological polar surface area (TPSA) is 73.3 Å². The van der Waals surface area contributed by atoms with E-state index in [1.807, 2.05) is 0 Å². The summed E-state index contributed by atoms with van der Waals surface area (Å²) in [5, 5.41) is 0.145. The lowest BCUT2D eigenvalue weighted by atomic mass is 10.2. The highest BCUT2D eigenvalue weighted by molar-refractivity contribution is 8.37. The van der Waals surface area contributed by atoms with Crippen molar-refractivity contribution in [3.05, 3.63) is 40.2 Å². The van der Waals surface area contributed by atoms with Crippen LogP contribution in [0.2, 0.25) is 0 Å². The van der Waals surface area contributed by atoms with Crippen molar-refractivity contribution < 1.29 is 8.78 Å². The molecule has 2 aromatic rings. The molecule has 3 rings (SSSR count). The fourth-order valence-electron chi connectivity index (χ4n) is 2.03. The molecule has 1 aromatic heterocycles. The lowest BCUT2D eigenvalue weighted by molar-refractivity contribution is 0.510. The zero-order valence-corrected chi connectivity index (χ0v) is 12.3. The molecule has 0 aliphatic carbocycles. The van der Waals surface area contributed by atoms with Gasteiger partial charge >= 0.3 is 0 Å². The van der Waals surface area contributed by atoms with Crippen LogP contribution >= 0.6 is 0 Å². The molecular weight excluding hydrogens is 318 g/mol. The lowest BCUT2D eigenvalue weighted by Gasteiger charge is -2.11. The van der Waals surface area contributed by atoms with E-state index in [1.165, 1.54) is 16.7 Å². The molecule has 2 N–H and O–H groups in total. The fraction of sp³-hybridized carbons (Fsp3) is 0.0833. The molecule has 1 aliphatic heterocycles. The van der Waals surface area contributed by atoms with Crippen LogP contribution in [0.5, 0.6) is 0 Å². The van der Waals surface area contributed by atoms with Crippen LogP contribution in [0.3, 0.4) is 0 Å². The Morgan fingerprint density at radius 1 is 1.38 bits per heavy atom. The minimum atomic E-state index is -1.08. The number of nitrogens with zero attached hydrogens (tertiary/aromatic N) is 3. The molecule has 1 aromatic carbocycles. The van der Waals surface area contributed by atoms with Crippen molar-refractivity contribution in [1.82, 2.24) is 9.55 Å². The maximum atomic E-state index is 13.9. The van der Waals surface area contributed by atoms with Crippen LogP contribution < -0.4 is 11.3 Å². The molecule has 0 amide bonds. The van der Waals surface area contributed by atoms with E-state index in [-0.39, 0.29) is 27.3 Å². The summed E-state index contributed by atoms with van der Waals surface area (Å²) in [6.45, 7) is 0. The van der Waals surface area contributed by atoms with Gasteiger partial charge in [-0.25, -0.2) is 13.8 Å². The molecule has 108 valence electrons. The van der Waals surface area contributed by atoms with Gasteiger partial charge in [-0.3, -0.25) is 4.79 Å². The molecule has 9 heteroatoms. The van der Waals surface area contributed by atoms with E-state index in [1.54, 1.807) is 7.05 Å². The normalized spacial score (nSPS) is 16.7. The van der Waals surface area contributed by atoms with Gasteiger partial charge in [0, 0.05) is 7.05 Å². The van der Waals surface area contributed by atoms with Gasteiger partial charge in [0.05, 0.1) is 5.56 Å². The molecule has 5 nitrogen and oxygen atoms in total. The number of aromatic nitrogens is 2. The number of benzene rings is 1. The fourth-order valence-corrected chi connectivity index (χ4v) is 3.51. The molecule has 21 heavy (non-hydrogen) atoms. The van der Waals surface area contributed by atoms with Crippen molar-refractivity contribution in [2.45, 2.75) is 4.90 Å². The standard InChI is InChI=1S/C12H8F2N4OS2/c1-18-9(5-3-2-4-6(13)7(5)14)16-11(19)8-10(18)17-12(15)21(8)20/h2-4H,1H3,(H2,15,17). The van der Waals surface area contributed by atoms with Crippen LogP contribution in [0.25, 0.3) is 11.4 Å². The number of nitrogens with two attached hydrogens (primary N) is 1. The maximum absolute atomic E-state index is 13.9. The summed E-state index contributed by atoms with van der Waals surface area (Å²) in [6, 6.07) is 3.66. The maximum Gasteiger partial charge on any atom is 0.289 e. The predicted molar refractivity (Wildman–Crippen MR) is 79.1 cm³/mol. The smallest absolute Gasteiger partial charge is 0.289 e. The Morgan fingerprint density at radius 3 is 2.81 bits per heavy atom. The Balaban J connectivity index is 2.35. The summed E-state index contributed by atoms with van der Waals surface area (Å²) < 4.78 is 28.6. The van der Waals surface area contributed by atoms with Crippen LogP contribution in [-0.4, -0.2) is 14.7 Å². The number of halogens is 2. The number of rotatable bonds is 1. The number of hydrogen-bond acceptors (Lipinski definition) is 5. The van der Waals surface area contributed by atoms with E-state index in [0.717, 1.165) is 6.07 Å². The third-order valence-electron chi connectivity index (χ3n) is 3.02. The number of aliphatic imine (C=N–C) groups is 1. The predicted octanol–water partition coefficient (Wildman–Crippen LogP) is 1.12. The zero-order valence-electron chi connectivity index (χ0n) is 10.6. The molecule has 0 fully saturated rings. The molecule has 0 radical (unpaired) electrons. The Kier molecular flexibility index (Phi) is 3.18. The molecule has 1 unspecified atom stereocenters. The van der Waals surface area contributed by atoms with Crippen LogP contribution in [-0.2, 0) is 27.7 Å². The highest BCUT2D eigenvalue weighted by Gasteiger charge is 2.26. The van der Waals surface area contributed by atoms with Gasteiger partial charge in [0.1, 0.15) is 10.7 Å². The summed E-state index contributed by atoms with van der Waals surface area (Å²) in [4.78, 5) is 20.1. The molecule has 0 saturated carbocycles. The second kappa shape index (κ2) is 4.78. The second-order valence-corrected chi connectivity index (χ2v) is 6.64. The first-order chi connectivity index (χ1) is 9.91. The van der Waals surface area contributed by atoms with Crippen LogP contribution in [0.1, 0.15) is 0 Å². The largest absolute Gasteiger partial charge is 0.378 e. The lowest BCUT2D eigenvalue weighted by Crippen LogP contribution is -2.21. The minimum absolute atomic E-state index is 0.0267. The van der Waals surface area contributed by atoms with Gasteiger partial charge < -0.3 is 10.3 Å². The van der Waals surface area contributed by atoms with Crippen LogP contribution in [0, 0.1) is 11.6 Å². The van der Waals surface area contributed by atoms with E-state index < -0.39 is 26.6 Å². The summed E-state index contributed by atoms with van der Waals surface area (Å²) >= 11 is 5.12. The van der Waals surface area contributed by atoms with E-state index >= 15 is 0 Å². The Morgan fingerprint density at radius 2 is 2.10 bits per heavy atom. The van der Waals surface area contributed by atoms with Crippen molar-refractivity contribution in [2.24, 2.45) is 17.8 Å². The van der Waals surface area contributed by atoms with E-state index in [9.17, 15) is 13.6 Å². The SMILES string of the molecule is Cn1c(-c2cccc(F)c2F)nc(=O)c2c1N=C(N)S2=S. The number of hydrogen-bond donors (Lipinski definition) is 1. The molecule has 0 bridgehead atoms. The van der Waals surface area contributed by atoms with Gasteiger partial charge in [-0.15, -0.1) is 0 Å². The first-order valence-electron chi connectivity index (χ1n) is 5.73. The van der Waals surface area contributed by atoms with E-state index in [2.05, 4.69) is 9.98 Å². The first kappa shape index (κ1) is 14.0. The van der Waals surface area contributed by atoms with Gasteiger partial charge in [-0.2, -0.15) is 4.98 Å². The Hall–Kier alpha value is -2.00. The average molecular weight is 326 g/mol. The second-order valence-electron chi connectivity index (χ2n) is 4.27. The number of amidine groups is 1. The summed E-state index contributed by atoms with van der Waals surface area (Å²) in [5.41, 5.74) is 4.91. The third kappa shape index (κ3) is 2.00. The van der Waals surface area contributed by atoms with Gasteiger partial charge in [0.25, 0.3) is 5.56 Å². The molecule has 0 spiro atoms. The third-order valence-corrected chi connectivity index (χ3v) is 5.24. The molecule has 0 saturated heterocycles. The van der Waals surface area contributed by atoms with Gasteiger partial charge in [0.2, 0.25) is 0 Å². The van der Waals surface area contributed by atoms with Crippen molar-refractivity contribution in [2.75, 3.05) is 0 Å². The summed E-state index contributed by atoms with van der Waals surface area (Å²) in [5.74, 6) is -1.88. The van der Waals surface area contributed by atoms with Crippen molar-refractivity contribution in [3.8, 4) is 11.4 Å². The quantitative estimate of drug-likeness (QED) is 0.852. The first-order valence-corrected chi connectivity index (χ1v) is 7.88. The molecular formula is C12H8F2N4OS2. The Labute approximate surface area is 124 Å². The van der Waals surface area contributed by atoms with Crippen molar-refractivity contribution in [1.29, 1.82) is 0 Å². The highest BCUT2D eigenvalue weighted by atomic mass is 32.8. The molecule has 1 aliphatic rings. The summed E-state index contributed by atoms with van der Waals surface area (Å²) in [6.07, 6.45) is 0. The van der Waals surface area contributed by atoms with Crippen molar-refractivity contribution in [3.63, 3.8) is 0 Å². The van der Waals surface area contributed by atoms with E-state index in [0.29, 0.717) is 0 Å². The van der Waals surface area contributed by atoms with Crippen LogP contribution in [0.15, 0.2) is 32.9 Å².